The Hall–Kier alpha value is 0.170. The van der Waals surface area contributed by atoms with Gasteiger partial charge in [0.25, 0.3) is 6.64 Å². The van der Waals surface area contributed by atoms with E-state index >= 15 is 0 Å². The zero-order valence-corrected chi connectivity index (χ0v) is 16.7. The van der Waals surface area contributed by atoms with Crippen molar-refractivity contribution in [3.05, 3.63) is 0 Å². The second-order valence-electron chi connectivity index (χ2n) is 4.64. The van der Waals surface area contributed by atoms with Crippen LogP contribution in [0.2, 0.25) is 0 Å². The Kier molecular flexibility index (Phi) is 8.69. The second-order valence-corrected chi connectivity index (χ2v) is 10.3. The largest absolute Gasteiger partial charge is 0.446 e. The third-order valence-electron chi connectivity index (χ3n) is 2.49. The fourth-order valence-electron chi connectivity index (χ4n) is 1.35. The lowest BCUT2D eigenvalue weighted by molar-refractivity contribution is 0.135. The molecule has 0 bridgehead atoms. The van der Waals surface area contributed by atoms with E-state index in [-0.39, 0.29) is 6.04 Å². The minimum atomic E-state index is -2.58. The van der Waals surface area contributed by atoms with Gasteiger partial charge < -0.3 is 9.05 Å². The molecule has 0 aliphatic carbocycles. The molecule has 7 nitrogen and oxygen atoms in total. The average Bonchev–Trinajstić information content (AvgIpc) is 2.49. The molecule has 0 aromatic rings. The minimum absolute atomic E-state index is 0.0422. The monoisotopic (exact) mass is 387 g/mol. The summed E-state index contributed by atoms with van der Waals surface area (Å²) in [5.41, 5.74) is 0. The van der Waals surface area contributed by atoms with Crippen molar-refractivity contribution >= 4 is 53.5 Å². The van der Waals surface area contributed by atoms with Crippen molar-refractivity contribution < 1.29 is 18.7 Å². The number of amides is 1. The molecule has 0 spiro atoms. The van der Waals surface area contributed by atoms with E-state index in [4.69, 9.17) is 25.7 Å². The number of hydrogen-bond acceptors (Lipinski definition) is 8. The highest BCUT2D eigenvalue weighted by Crippen LogP contribution is 2.59. The molecule has 1 heterocycles. The van der Waals surface area contributed by atoms with Crippen LogP contribution in [0.1, 0.15) is 27.2 Å². The van der Waals surface area contributed by atoms with Gasteiger partial charge in [0.05, 0.1) is 25.3 Å². The molecule has 0 aromatic heterocycles. The molecule has 0 atom stereocenters. The fraction of sp³-hybridized carbons (Fsp3) is 0.818. The van der Waals surface area contributed by atoms with Gasteiger partial charge in [-0.2, -0.15) is 4.08 Å². The quantitative estimate of drug-likeness (QED) is 0.177. The molecule has 22 heavy (non-hydrogen) atoms. The van der Waals surface area contributed by atoms with Crippen molar-refractivity contribution in [1.82, 2.24) is 8.38 Å². The van der Waals surface area contributed by atoms with E-state index in [0.717, 1.165) is 18.6 Å². The molecule has 0 radical (unpaired) electrons. The first-order valence-electron chi connectivity index (χ1n) is 6.70. The molecular formula is C11H22N3O4PS3. The van der Waals surface area contributed by atoms with Crippen molar-refractivity contribution in [2.45, 2.75) is 33.2 Å². The molecule has 128 valence electrons. The van der Waals surface area contributed by atoms with Crippen LogP contribution in [0.5, 0.6) is 0 Å². The van der Waals surface area contributed by atoms with Crippen molar-refractivity contribution in [2.24, 2.45) is 5.16 Å². The van der Waals surface area contributed by atoms with Crippen LogP contribution in [0.3, 0.4) is 0 Å². The molecular weight excluding hydrogens is 365 g/mol. The number of oxime groups is 1. The summed E-state index contributed by atoms with van der Waals surface area (Å²) in [6.45, 7) is 4.28. The van der Waals surface area contributed by atoms with Crippen LogP contribution >= 0.6 is 30.5 Å². The summed E-state index contributed by atoms with van der Waals surface area (Å²) in [6, 6.07) is 0.0422. The van der Waals surface area contributed by atoms with Gasteiger partial charge in [0.1, 0.15) is 5.04 Å². The van der Waals surface area contributed by atoms with Gasteiger partial charge in [0, 0.05) is 13.1 Å². The molecule has 0 aromatic carbocycles. The second kappa shape index (κ2) is 9.46. The van der Waals surface area contributed by atoms with Gasteiger partial charge in [-0.15, -0.1) is 11.8 Å². The molecule has 0 N–H and O–H groups in total. The van der Waals surface area contributed by atoms with E-state index in [1.807, 2.05) is 24.2 Å². The third-order valence-corrected chi connectivity index (χ3v) is 8.44. The molecule has 1 rings (SSSR count). The van der Waals surface area contributed by atoms with E-state index < -0.39 is 12.7 Å². The van der Waals surface area contributed by atoms with Crippen LogP contribution in [0, 0.1) is 0 Å². The molecule has 1 aliphatic rings. The van der Waals surface area contributed by atoms with Gasteiger partial charge in [-0.1, -0.05) is 5.16 Å². The van der Waals surface area contributed by atoms with E-state index in [1.54, 1.807) is 14.0 Å². The number of carbonyl (C=O) groups excluding carboxylic acids is 1. The van der Waals surface area contributed by atoms with Crippen LogP contribution in [0.25, 0.3) is 0 Å². The Morgan fingerprint density at radius 1 is 1.41 bits per heavy atom. The molecule has 1 aliphatic heterocycles. The highest BCUT2D eigenvalue weighted by Gasteiger charge is 2.36. The topological polar surface area (TPSA) is 63.6 Å². The molecule has 1 fully saturated rings. The Labute approximate surface area is 145 Å². The van der Waals surface area contributed by atoms with Crippen molar-refractivity contribution in [1.29, 1.82) is 0 Å². The first kappa shape index (κ1) is 20.2. The first-order valence-corrected chi connectivity index (χ1v) is 11.2. The first-order chi connectivity index (χ1) is 10.3. The van der Waals surface area contributed by atoms with Gasteiger partial charge in [-0.3, -0.25) is 4.84 Å². The normalized spacial score (nSPS) is 18.6. The van der Waals surface area contributed by atoms with E-state index in [0.29, 0.717) is 18.3 Å². The zero-order valence-electron chi connectivity index (χ0n) is 13.3. The smallest absolute Gasteiger partial charge is 0.317 e. The van der Waals surface area contributed by atoms with Gasteiger partial charge in [-0.25, -0.2) is 9.10 Å². The zero-order chi connectivity index (χ0) is 16.8. The Morgan fingerprint density at radius 2 is 2.00 bits per heavy atom. The summed E-state index contributed by atoms with van der Waals surface area (Å²) in [5, 5.41) is 4.39. The number of hydrogen-bond donors (Lipinski definition) is 0. The highest BCUT2D eigenvalue weighted by molar-refractivity contribution is 8.15. The van der Waals surface area contributed by atoms with Crippen LogP contribution in [-0.4, -0.2) is 52.1 Å². The summed E-state index contributed by atoms with van der Waals surface area (Å²) in [4.78, 5) is 16.8. The van der Waals surface area contributed by atoms with Crippen LogP contribution in [-0.2, 0) is 25.7 Å². The SMILES string of the molecule is CS/C(C)=N/OC(=O)N(C)SN(C(C)C)P1(=S)OCCCO1. The average molecular weight is 387 g/mol. The lowest BCUT2D eigenvalue weighted by Gasteiger charge is -2.38. The summed E-state index contributed by atoms with van der Waals surface area (Å²) in [5.74, 6) is 0. The number of thioether (sulfide) groups is 1. The Balaban J connectivity index is 2.70. The summed E-state index contributed by atoms with van der Waals surface area (Å²) in [6.07, 6.45) is 2.10. The number of nitrogens with zero attached hydrogens (tertiary/aromatic N) is 3. The lowest BCUT2D eigenvalue weighted by Crippen LogP contribution is -2.32. The minimum Gasteiger partial charge on any atom is -0.317 e. The van der Waals surface area contributed by atoms with Crippen LogP contribution < -0.4 is 0 Å². The maximum atomic E-state index is 11.9. The van der Waals surface area contributed by atoms with Gasteiger partial charge in [-0.05, 0) is 45.3 Å². The summed E-state index contributed by atoms with van der Waals surface area (Å²) >= 11 is 8.09. The molecule has 1 amide bonds. The predicted molar refractivity (Wildman–Crippen MR) is 96.2 cm³/mol. The molecule has 0 saturated carbocycles. The standard InChI is InChI=1S/C11H22N3O4PS3/c1-9(2)14(19(20)16-7-6-8-17-19)22-13(4)11(15)18-12-10(3)21-5/h9H,6-8H2,1-5H3/b12-10+. The van der Waals surface area contributed by atoms with E-state index in [1.165, 1.54) is 16.1 Å². The Bertz CT molecular complexity index is 454. The third kappa shape index (κ3) is 5.99. The molecule has 0 unspecified atom stereocenters. The summed E-state index contributed by atoms with van der Waals surface area (Å²) < 4.78 is 14.5. The van der Waals surface area contributed by atoms with E-state index in [2.05, 4.69) is 5.16 Å². The molecule has 11 heteroatoms. The highest BCUT2D eigenvalue weighted by atomic mass is 32.5. The summed E-state index contributed by atoms with van der Waals surface area (Å²) in [7, 11) is 1.60. The van der Waals surface area contributed by atoms with E-state index in [9.17, 15) is 4.79 Å². The fourth-order valence-corrected chi connectivity index (χ4v) is 5.84. The van der Waals surface area contributed by atoms with Gasteiger partial charge >= 0.3 is 6.09 Å². The maximum absolute atomic E-state index is 11.9. The van der Waals surface area contributed by atoms with Crippen LogP contribution in [0.4, 0.5) is 4.79 Å². The number of rotatable bonds is 5. The predicted octanol–water partition coefficient (Wildman–Crippen LogP) is 3.69. The lowest BCUT2D eigenvalue weighted by atomic mass is 10.4. The van der Waals surface area contributed by atoms with Crippen molar-refractivity contribution in [3.8, 4) is 0 Å². The molecule has 1 saturated heterocycles. The van der Waals surface area contributed by atoms with Crippen LogP contribution in [0.15, 0.2) is 5.16 Å². The van der Waals surface area contributed by atoms with Crippen molar-refractivity contribution in [2.75, 3.05) is 26.5 Å². The Morgan fingerprint density at radius 3 is 2.50 bits per heavy atom. The van der Waals surface area contributed by atoms with Gasteiger partial charge in [0.2, 0.25) is 0 Å². The maximum Gasteiger partial charge on any atom is 0.446 e. The van der Waals surface area contributed by atoms with Crippen molar-refractivity contribution in [3.63, 3.8) is 0 Å². The van der Waals surface area contributed by atoms with Gasteiger partial charge in [0.15, 0.2) is 0 Å². The number of carbonyl (C=O) groups is 1.